The second-order valence-electron chi connectivity index (χ2n) is 6.71. The van der Waals surface area contributed by atoms with Gasteiger partial charge in [0.05, 0.1) is 30.7 Å². The molecule has 0 amide bonds. The molecule has 0 aliphatic carbocycles. The number of hydrogen-bond donors (Lipinski definition) is 3. The van der Waals surface area contributed by atoms with Crippen molar-refractivity contribution in [2.75, 3.05) is 13.7 Å². The van der Waals surface area contributed by atoms with Crippen LogP contribution in [0.2, 0.25) is 0 Å². The van der Waals surface area contributed by atoms with Gasteiger partial charge < -0.3 is 30.0 Å². The third-order valence-corrected chi connectivity index (χ3v) is 5.00. The number of rotatable bonds is 4. The fourth-order valence-electron chi connectivity index (χ4n) is 3.69. The molecular formula is C22H20N2O6. The van der Waals surface area contributed by atoms with Crippen molar-refractivity contribution in [3.8, 4) is 17.2 Å². The molecule has 8 nitrogen and oxygen atoms in total. The summed E-state index contributed by atoms with van der Waals surface area (Å²) in [4.78, 5) is 28.7. The summed E-state index contributed by atoms with van der Waals surface area (Å²) in [5.41, 5.74) is 7.06. The number of nitrogens with one attached hydrogen (secondary N) is 1. The van der Waals surface area contributed by atoms with Gasteiger partial charge in [0.2, 0.25) is 5.88 Å². The van der Waals surface area contributed by atoms with Crippen molar-refractivity contribution in [3.63, 3.8) is 0 Å². The van der Waals surface area contributed by atoms with Crippen LogP contribution in [0.3, 0.4) is 0 Å². The molecule has 30 heavy (non-hydrogen) atoms. The minimum absolute atomic E-state index is 0.0119. The summed E-state index contributed by atoms with van der Waals surface area (Å²) in [7, 11) is 1.41. The highest BCUT2D eigenvalue weighted by molar-refractivity contribution is 5.95. The van der Waals surface area contributed by atoms with Gasteiger partial charge in [-0.15, -0.1) is 0 Å². The maximum atomic E-state index is 13.1. The topological polar surface area (TPSA) is 124 Å². The lowest BCUT2D eigenvalue weighted by molar-refractivity contribution is -0.139. The normalized spacial score (nSPS) is 15.5. The van der Waals surface area contributed by atoms with E-state index in [9.17, 15) is 14.7 Å². The van der Waals surface area contributed by atoms with Crippen molar-refractivity contribution in [2.24, 2.45) is 5.73 Å². The van der Waals surface area contributed by atoms with Crippen molar-refractivity contribution < 1.29 is 24.1 Å². The molecule has 2 aromatic carbocycles. The predicted molar refractivity (Wildman–Crippen MR) is 110 cm³/mol. The summed E-state index contributed by atoms with van der Waals surface area (Å²) >= 11 is 0. The molecule has 4 N–H and O–H groups in total. The highest BCUT2D eigenvalue weighted by Gasteiger charge is 2.38. The summed E-state index contributed by atoms with van der Waals surface area (Å²) in [6.07, 6.45) is 0. The Labute approximate surface area is 171 Å². The summed E-state index contributed by atoms with van der Waals surface area (Å²) < 4.78 is 16.2. The largest absolute Gasteiger partial charge is 0.504 e. The molecule has 4 rings (SSSR count). The quantitative estimate of drug-likeness (QED) is 0.567. The SMILES string of the molecule is CCOC(=O)C1=C(N)Oc2c(c(=O)[nH]c3ccccc23)[C@@H]1c1ccc(O)c(OC)c1. The maximum absolute atomic E-state index is 13.1. The van der Waals surface area contributed by atoms with Crippen LogP contribution >= 0.6 is 0 Å². The van der Waals surface area contributed by atoms with Gasteiger partial charge in [0.15, 0.2) is 11.5 Å². The fourth-order valence-corrected chi connectivity index (χ4v) is 3.69. The van der Waals surface area contributed by atoms with Gasteiger partial charge in [0, 0.05) is 5.39 Å². The van der Waals surface area contributed by atoms with Crippen LogP contribution in [-0.2, 0) is 9.53 Å². The minimum atomic E-state index is -0.879. The monoisotopic (exact) mass is 408 g/mol. The average molecular weight is 408 g/mol. The number of fused-ring (bicyclic) bond motifs is 3. The van der Waals surface area contributed by atoms with Crippen molar-refractivity contribution in [3.05, 3.63) is 75.4 Å². The van der Waals surface area contributed by atoms with Crippen LogP contribution in [0, 0.1) is 0 Å². The number of carbonyl (C=O) groups excluding carboxylic acids is 1. The average Bonchev–Trinajstić information content (AvgIpc) is 2.73. The molecule has 1 aliphatic heterocycles. The summed E-state index contributed by atoms with van der Waals surface area (Å²) in [6, 6.07) is 11.7. The molecule has 0 radical (unpaired) electrons. The molecule has 1 aromatic heterocycles. The molecule has 0 saturated carbocycles. The van der Waals surface area contributed by atoms with Crippen LogP contribution in [-0.4, -0.2) is 29.8 Å². The number of ether oxygens (including phenoxy) is 3. The van der Waals surface area contributed by atoms with Crippen molar-refractivity contribution in [1.82, 2.24) is 4.98 Å². The van der Waals surface area contributed by atoms with E-state index in [1.54, 1.807) is 37.3 Å². The Morgan fingerprint density at radius 2 is 2.03 bits per heavy atom. The molecule has 1 atom stereocenters. The van der Waals surface area contributed by atoms with Crippen molar-refractivity contribution >= 4 is 16.9 Å². The number of phenolic OH excluding ortho intramolecular Hbond substituents is 1. The van der Waals surface area contributed by atoms with Crippen LogP contribution in [0.5, 0.6) is 17.2 Å². The number of aromatic nitrogens is 1. The number of aromatic hydroxyl groups is 1. The highest BCUT2D eigenvalue weighted by Crippen LogP contribution is 2.45. The molecule has 0 unspecified atom stereocenters. The van der Waals surface area contributed by atoms with E-state index < -0.39 is 17.4 Å². The predicted octanol–water partition coefficient (Wildman–Crippen LogP) is 2.50. The third kappa shape index (κ3) is 3.02. The number of esters is 1. The van der Waals surface area contributed by atoms with E-state index >= 15 is 0 Å². The number of phenols is 1. The minimum Gasteiger partial charge on any atom is -0.504 e. The van der Waals surface area contributed by atoms with E-state index in [1.165, 1.54) is 13.2 Å². The van der Waals surface area contributed by atoms with Gasteiger partial charge in [-0.2, -0.15) is 0 Å². The molecule has 0 spiro atoms. The Balaban J connectivity index is 2.04. The van der Waals surface area contributed by atoms with Gasteiger partial charge in [-0.3, -0.25) is 4.79 Å². The van der Waals surface area contributed by atoms with Crippen molar-refractivity contribution in [2.45, 2.75) is 12.8 Å². The number of pyridine rings is 1. The van der Waals surface area contributed by atoms with Crippen LogP contribution in [0.4, 0.5) is 0 Å². The van der Waals surface area contributed by atoms with Crippen LogP contribution < -0.4 is 20.8 Å². The number of aromatic amines is 1. The molecule has 0 saturated heterocycles. The van der Waals surface area contributed by atoms with E-state index in [0.717, 1.165) is 0 Å². The van der Waals surface area contributed by atoms with Gasteiger partial charge >= 0.3 is 5.97 Å². The van der Waals surface area contributed by atoms with E-state index in [-0.39, 0.29) is 40.9 Å². The zero-order valence-electron chi connectivity index (χ0n) is 16.4. The first-order valence-electron chi connectivity index (χ1n) is 9.32. The number of carbonyl (C=O) groups is 1. The summed E-state index contributed by atoms with van der Waals surface area (Å²) in [6.45, 7) is 1.80. The smallest absolute Gasteiger partial charge is 0.340 e. The zero-order valence-corrected chi connectivity index (χ0v) is 16.4. The molecule has 0 fully saturated rings. The van der Waals surface area contributed by atoms with Gasteiger partial charge in [-0.05, 0) is 36.8 Å². The Morgan fingerprint density at radius 3 is 2.77 bits per heavy atom. The number of methoxy groups -OCH3 is 1. The Morgan fingerprint density at radius 1 is 1.27 bits per heavy atom. The first-order chi connectivity index (χ1) is 14.5. The van der Waals surface area contributed by atoms with Crippen LogP contribution in [0.25, 0.3) is 10.9 Å². The lowest BCUT2D eigenvalue weighted by atomic mass is 9.82. The number of nitrogens with two attached hydrogens (primary N) is 1. The van der Waals surface area contributed by atoms with Crippen LogP contribution in [0.15, 0.2) is 58.7 Å². The fraction of sp³-hybridized carbons (Fsp3) is 0.182. The van der Waals surface area contributed by atoms with Crippen molar-refractivity contribution in [1.29, 1.82) is 0 Å². The van der Waals surface area contributed by atoms with E-state index in [0.29, 0.717) is 16.5 Å². The summed E-state index contributed by atoms with van der Waals surface area (Å²) in [5.74, 6) is -1.32. The van der Waals surface area contributed by atoms with Gasteiger partial charge in [-0.1, -0.05) is 18.2 Å². The second kappa shape index (κ2) is 7.47. The lowest BCUT2D eigenvalue weighted by Gasteiger charge is -2.28. The first-order valence-corrected chi connectivity index (χ1v) is 9.32. The Bertz CT molecular complexity index is 1240. The molecule has 3 aromatic rings. The molecule has 0 bridgehead atoms. The Hall–Kier alpha value is -3.94. The number of H-pyrrole nitrogens is 1. The molecule has 8 heteroatoms. The van der Waals surface area contributed by atoms with Crippen LogP contribution in [0.1, 0.15) is 24.0 Å². The van der Waals surface area contributed by atoms with E-state index in [2.05, 4.69) is 4.98 Å². The number of para-hydroxylation sites is 1. The van der Waals surface area contributed by atoms with Gasteiger partial charge in [0.25, 0.3) is 5.56 Å². The second-order valence-corrected chi connectivity index (χ2v) is 6.71. The third-order valence-electron chi connectivity index (χ3n) is 5.00. The maximum Gasteiger partial charge on any atom is 0.340 e. The molecule has 2 heterocycles. The molecular weight excluding hydrogens is 388 g/mol. The highest BCUT2D eigenvalue weighted by atomic mass is 16.5. The summed E-state index contributed by atoms with van der Waals surface area (Å²) in [5, 5.41) is 10.6. The first kappa shape index (κ1) is 19.4. The van der Waals surface area contributed by atoms with Gasteiger partial charge in [0.1, 0.15) is 11.3 Å². The Kier molecular flexibility index (Phi) is 4.83. The molecule has 1 aliphatic rings. The lowest BCUT2D eigenvalue weighted by Crippen LogP contribution is -2.32. The number of benzene rings is 2. The standard InChI is InChI=1S/C22H20N2O6/c1-3-29-22(27)18-16(11-8-9-14(25)15(10-11)28-2)17-19(30-20(18)23)12-6-4-5-7-13(12)24-21(17)26/h4-10,16,25H,3,23H2,1-2H3,(H,24,26)/t16-/m0/s1. The molecule has 154 valence electrons. The zero-order chi connectivity index (χ0) is 21.4. The van der Waals surface area contributed by atoms with E-state index in [4.69, 9.17) is 19.9 Å². The van der Waals surface area contributed by atoms with Gasteiger partial charge in [-0.25, -0.2) is 4.79 Å². The van der Waals surface area contributed by atoms with E-state index in [1.807, 2.05) is 6.07 Å². The number of hydrogen-bond acceptors (Lipinski definition) is 7.